The average molecular weight is 366 g/mol. The van der Waals surface area contributed by atoms with Gasteiger partial charge in [-0.3, -0.25) is 9.89 Å². The summed E-state index contributed by atoms with van der Waals surface area (Å²) in [7, 11) is 0. The minimum atomic E-state index is -1.17. The standard InChI is InChI=1S/C19H18N4O4/c1-10(11-5-6-11)21-17(24)15-8-14(22-23-15)12-3-2-4-13(7-12)18-20-9-16(27-18)19(25)26/h2-4,7-11H,5-6H2,1H3,(H,21,24)(H,22,23)(H,25,26)/t10-/m0/s1. The number of nitrogens with one attached hydrogen (secondary N) is 2. The van der Waals surface area contributed by atoms with Crippen LogP contribution in [0.1, 0.15) is 40.8 Å². The summed E-state index contributed by atoms with van der Waals surface area (Å²) in [6.07, 6.45) is 3.49. The molecule has 138 valence electrons. The molecule has 1 amide bonds. The highest BCUT2D eigenvalue weighted by Crippen LogP contribution is 2.32. The van der Waals surface area contributed by atoms with Crippen molar-refractivity contribution >= 4 is 11.9 Å². The topological polar surface area (TPSA) is 121 Å². The molecule has 0 saturated heterocycles. The monoisotopic (exact) mass is 366 g/mol. The minimum Gasteiger partial charge on any atom is -0.475 e. The van der Waals surface area contributed by atoms with Crippen LogP contribution in [0.25, 0.3) is 22.7 Å². The summed E-state index contributed by atoms with van der Waals surface area (Å²) in [5, 5.41) is 18.9. The summed E-state index contributed by atoms with van der Waals surface area (Å²) in [5.74, 6) is -0.812. The maximum atomic E-state index is 12.3. The predicted molar refractivity (Wildman–Crippen MR) is 96.1 cm³/mol. The third-order valence-corrected chi connectivity index (χ3v) is 4.64. The Hall–Kier alpha value is -3.42. The van der Waals surface area contributed by atoms with Crippen LogP contribution in [0.5, 0.6) is 0 Å². The number of hydrogen-bond acceptors (Lipinski definition) is 5. The van der Waals surface area contributed by atoms with Crippen molar-refractivity contribution < 1.29 is 19.1 Å². The molecule has 0 spiro atoms. The summed E-state index contributed by atoms with van der Waals surface area (Å²) in [6, 6.07) is 9.04. The van der Waals surface area contributed by atoms with Gasteiger partial charge in [-0.2, -0.15) is 5.10 Å². The highest BCUT2D eigenvalue weighted by Gasteiger charge is 2.29. The predicted octanol–water partition coefficient (Wildman–Crippen LogP) is 2.96. The minimum absolute atomic E-state index is 0.148. The zero-order valence-electron chi connectivity index (χ0n) is 14.6. The van der Waals surface area contributed by atoms with Crippen molar-refractivity contribution in [1.82, 2.24) is 20.5 Å². The Morgan fingerprint density at radius 3 is 2.78 bits per heavy atom. The molecule has 0 radical (unpaired) electrons. The SMILES string of the molecule is C[C@H](NC(=O)c1cc(-c2cccc(-c3ncc(C(=O)O)o3)c2)[nH]n1)C1CC1. The Morgan fingerprint density at radius 1 is 1.30 bits per heavy atom. The van der Waals surface area contributed by atoms with Gasteiger partial charge in [-0.1, -0.05) is 12.1 Å². The van der Waals surface area contributed by atoms with Crippen LogP contribution in [-0.2, 0) is 0 Å². The molecule has 27 heavy (non-hydrogen) atoms. The molecule has 4 rings (SSSR count). The number of hydrogen-bond donors (Lipinski definition) is 3. The number of nitrogens with zero attached hydrogens (tertiary/aromatic N) is 2. The van der Waals surface area contributed by atoms with Crippen molar-refractivity contribution in [2.75, 3.05) is 0 Å². The van der Waals surface area contributed by atoms with Gasteiger partial charge < -0.3 is 14.8 Å². The fraction of sp³-hybridized carbons (Fsp3) is 0.263. The van der Waals surface area contributed by atoms with E-state index in [1.54, 1.807) is 24.3 Å². The van der Waals surface area contributed by atoms with Gasteiger partial charge in [-0.25, -0.2) is 9.78 Å². The number of aromatic amines is 1. The molecule has 8 nitrogen and oxygen atoms in total. The van der Waals surface area contributed by atoms with Crippen molar-refractivity contribution in [3.63, 3.8) is 0 Å². The molecular weight excluding hydrogens is 348 g/mol. The van der Waals surface area contributed by atoms with E-state index in [9.17, 15) is 9.59 Å². The summed E-state index contributed by atoms with van der Waals surface area (Å²) in [4.78, 5) is 27.2. The molecule has 1 aliphatic carbocycles. The number of benzene rings is 1. The van der Waals surface area contributed by atoms with E-state index in [4.69, 9.17) is 9.52 Å². The number of carboxylic acids is 1. The Balaban J connectivity index is 1.54. The molecule has 0 unspecified atom stereocenters. The van der Waals surface area contributed by atoms with E-state index >= 15 is 0 Å². The van der Waals surface area contributed by atoms with E-state index in [0.717, 1.165) is 18.4 Å². The third-order valence-electron chi connectivity index (χ3n) is 4.64. The first-order chi connectivity index (χ1) is 13.0. The number of carbonyl (C=O) groups excluding carboxylic acids is 1. The van der Waals surface area contributed by atoms with E-state index in [0.29, 0.717) is 22.9 Å². The lowest BCUT2D eigenvalue weighted by Gasteiger charge is -2.10. The number of aromatic carboxylic acids is 1. The first kappa shape index (κ1) is 17.0. The first-order valence-corrected chi connectivity index (χ1v) is 8.67. The largest absolute Gasteiger partial charge is 0.475 e. The van der Waals surface area contributed by atoms with Gasteiger partial charge in [0.15, 0.2) is 5.69 Å². The molecule has 0 aliphatic heterocycles. The van der Waals surface area contributed by atoms with Gasteiger partial charge in [-0.15, -0.1) is 0 Å². The van der Waals surface area contributed by atoms with Crippen LogP contribution < -0.4 is 5.32 Å². The van der Waals surface area contributed by atoms with Gasteiger partial charge in [0, 0.05) is 17.2 Å². The van der Waals surface area contributed by atoms with Crippen molar-refractivity contribution in [3.05, 3.63) is 48.0 Å². The van der Waals surface area contributed by atoms with Gasteiger partial charge in [0.1, 0.15) is 0 Å². The van der Waals surface area contributed by atoms with Gasteiger partial charge in [-0.05, 0) is 43.9 Å². The van der Waals surface area contributed by atoms with E-state index in [1.807, 2.05) is 13.0 Å². The molecule has 0 bridgehead atoms. The fourth-order valence-electron chi connectivity index (χ4n) is 2.91. The van der Waals surface area contributed by atoms with Crippen molar-refractivity contribution in [1.29, 1.82) is 0 Å². The smallest absolute Gasteiger partial charge is 0.373 e. The van der Waals surface area contributed by atoms with E-state index in [1.165, 1.54) is 6.20 Å². The van der Waals surface area contributed by atoms with Crippen LogP contribution in [0.2, 0.25) is 0 Å². The molecule has 1 atom stereocenters. The van der Waals surface area contributed by atoms with Crippen LogP contribution in [0, 0.1) is 5.92 Å². The van der Waals surface area contributed by atoms with Crippen LogP contribution in [0.4, 0.5) is 0 Å². The second-order valence-corrected chi connectivity index (χ2v) is 6.68. The van der Waals surface area contributed by atoms with Gasteiger partial charge >= 0.3 is 5.97 Å². The summed E-state index contributed by atoms with van der Waals surface area (Å²) in [6.45, 7) is 2.01. The fourth-order valence-corrected chi connectivity index (χ4v) is 2.91. The lowest BCUT2D eigenvalue weighted by atomic mass is 10.1. The molecule has 1 aliphatic rings. The molecule has 1 saturated carbocycles. The van der Waals surface area contributed by atoms with E-state index < -0.39 is 5.97 Å². The molecular formula is C19H18N4O4. The van der Waals surface area contributed by atoms with Crippen LogP contribution in [0.15, 0.2) is 40.9 Å². The molecule has 1 aromatic carbocycles. The van der Waals surface area contributed by atoms with Crippen molar-refractivity contribution in [2.45, 2.75) is 25.8 Å². The van der Waals surface area contributed by atoms with Gasteiger partial charge in [0.05, 0.1) is 11.9 Å². The maximum Gasteiger partial charge on any atom is 0.373 e. The normalized spacial score (nSPS) is 14.7. The van der Waals surface area contributed by atoms with Gasteiger partial charge in [0.25, 0.3) is 5.91 Å². The molecule has 2 aromatic heterocycles. The van der Waals surface area contributed by atoms with Crippen molar-refractivity contribution in [2.24, 2.45) is 5.92 Å². The summed E-state index contributed by atoms with van der Waals surface area (Å²) < 4.78 is 5.24. The summed E-state index contributed by atoms with van der Waals surface area (Å²) in [5.41, 5.74) is 2.41. The van der Waals surface area contributed by atoms with E-state index in [-0.39, 0.29) is 23.6 Å². The summed E-state index contributed by atoms with van der Waals surface area (Å²) >= 11 is 0. The molecule has 1 fully saturated rings. The lowest BCUT2D eigenvalue weighted by Crippen LogP contribution is -2.34. The number of carboxylic acid groups (broad SMARTS) is 1. The first-order valence-electron chi connectivity index (χ1n) is 8.67. The average Bonchev–Trinajstić information content (AvgIpc) is 3.20. The highest BCUT2D eigenvalue weighted by molar-refractivity contribution is 5.93. The molecule has 3 aromatic rings. The number of H-pyrrole nitrogens is 1. The lowest BCUT2D eigenvalue weighted by molar-refractivity contribution is 0.0663. The third kappa shape index (κ3) is 3.59. The quantitative estimate of drug-likeness (QED) is 0.617. The second kappa shape index (κ2) is 6.71. The zero-order valence-corrected chi connectivity index (χ0v) is 14.6. The van der Waals surface area contributed by atoms with E-state index in [2.05, 4.69) is 20.5 Å². The Labute approximate surface area is 154 Å². The molecule has 3 N–H and O–H groups in total. The van der Waals surface area contributed by atoms with Crippen LogP contribution in [-0.4, -0.2) is 38.2 Å². The number of carbonyl (C=O) groups is 2. The number of aromatic nitrogens is 3. The Bertz CT molecular complexity index is 1000. The number of rotatable bonds is 6. The van der Waals surface area contributed by atoms with Gasteiger partial charge in [0.2, 0.25) is 11.7 Å². The number of amides is 1. The Kier molecular flexibility index (Phi) is 4.23. The van der Waals surface area contributed by atoms with Crippen LogP contribution in [0.3, 0.4) is 0 Å². The highest BCUT2D eigenvalue weighted by atomic mass is 16.4. The van der Waals surface area contributed by atoms with Crippen molar-refractivity contribution in [3.8, 4) is 22.7 Å². The molecule has 2 heterocycles. The second-order valence-electron chi connectivity index (χ2n) is 6.68. The van der Waals surface area contributed by atoms with Crippen LogP contribution >= 0.6 is 0 Å². The zero-order chi connectivity index (χ0) is 19.0. The Morgan fingerprint density at radius 2 is 2.07 bits per heavy atom. The number of oxazole rings is 1. The maximum absolute atomic E-state index is 12.3. The molecule has 8 heteroatoms.